The van der Waals surface area contributed by atoms with Crippen LogP contribution >= 0.6 is 0 Å². The molecule has 1 aromatic heterocycles. The number of carbonyl (C=O) groups is 1. The van der Waals surface area contributed by atoms with Gasteiger partial charge in [-0.2, -0.15) is 0 Å². The van der Waals surface area contributed by atoms with Crippen molar-refractivity contribution in [1.82, 2.24) is 25.4 Å². The Bertz CT molecular complexity index is 741. The molecule has 1 saturated carbocycles. The Labute approximate surface area is 186 Å². The number of nitrogens with zero attached hydrogens (tertiary/aromatic N) is 4. The second-order valence-corrected chi connectivity index (χ2v) is 9.07. The molecule has 31 heavy (non-hydrogen) atoms. The van der Waals surface area contributed by atoms with Gasteiger partial charge in [-0.15, -0.1) is 0 Å². The van der Waals surface area contributed by atoms with Crippen molar-refractivity contribution in [3.63, 3.8) is 0 Å². The van der Waals surface area contributed by atoms with Gasteiger partial charge in [0, 0.05) is 58.1 Å². The van der Waals surface area contributed by atoms with Gasteiger partial charge in [-0.05, 0) is 43.7 Å². The van der Waals surface area contributed by atoms with Crippen LogP contribution in [0.2, 0.25) is 0 Å². The van der Waals surface area contributed by atoms with Crippen molar-refractivity contribution < 1.29 is 9.53 Å². The largest absolute Gasteiger partial charge is 0.475 e. The predicted molar refractivity (Wildman–Crippen MR) is 123 cm³/mol. The third-order valence-corrected chi connectivity index (χ3v) is 5.57. The van der Waals surface area contributed by atoms with Gasteiger partial charge in [-0.1, -0.05) is 13.8 Å². The predicted octanol–water partition coefficient (Wildman–Crippen LogP) is 1.87. The van der Waals surface area contributed by atoms with Crippen LogP contribution in [-0.2, 0) is 11.3 Å². The van der Waals surface area contributed by atoms with Crippen LogP contribution in [0.5, 0.6) is 5.88 Å². The Balaban J connectivity index is 1.43. The Morgan fingerprint density at radius 1 is 1.26 bits per heavy atom. The summed E-state index contributed by atoms with van der Waals surface area (Å²) in [5.74, 6) is 2.29. The van der Waals surface area contributed by atoms with Gasteiger partial charge in [0.1, 0.15) is 0 Å². The molecular weight excluding hydrogens is 392 g/mol. The molecule has 1 aromatic rings. The lowest BCUT2D eigenvalue weighted by Gasteiger charge is -2.36. The molecule has 2 fully saturated rings. The summed E-state index contributed by atoms with van der Waals surface area (Å²) in [6, 6.07) is 4.42. The average molecular weight is 431 g/mol. The molecule has 0 spiro atoms. The zero-order valence-corrected chi connectivity index (χ0v) is 19.4. The third kappa shape index (κ3) is 8.01. The number of nitrogens with one attached hydrogen (secondary N) is 2. The average Bonchev–Trinajstić information content (AvgIpc) is 3.53. The van der Waals surface area contributed by atoms with E-state index in [2.05, 4.69) is 51.2 Å². The first-order chi connectivity index (χ1) is 14.9. The van der Waals surface area contributed by atoms with E-state index < -0.39 is 0 Å². The SMILES string of the molecule is CN=C(NCc1ccnc(OC(C)CC(C)C)c1)N1CCN(CC(=O)NC2CC2)CC1. The molecule has 0 aromatic carbocycles. The maximum absolute atomic E-state index is 12.0. The number of hydrogen-bond acceptors (Lipinski definition) is 5. The fourth-order valence-corrected chi connectivity index (χ4v) is 3.88. The summed E-state index contributed by atoms with van der Waals surface area (Å²) in [5.41, 5.74) is 1.11. The molecule has 1 amide bonds. The van der Waals surface area contributed by atoms with Crippen LogP contribution in [0.1, 0.15) is 45.6 Å². The molecule has 2 N–H and O–H groups in total. The van der Waals surface area contributed by atoms with Crippen LogP contribution in [0.3, 0.4) is 0 Å². The standard InChI is InChI=1S/C23H38N6O2/c1-17(2)13-18(3)31-22-14-19(7-8-25-22)15-26-23(24-4)29-11-9-28(10-12-29)16-21(30)27-20-5-6-20/h7-8,14,17-18,20H,5-6,9-13,15-16H2,1-4H3,(H,24,26)(H,27,30). The molecule has 1 atom stereocenters. The molecule has 3 rings (SSSR count). The number of guanidine groups is 1. The van der Waals surface area contributed by atoms with E-state index in [0.29, 0.717) is 30.9 Å². The summed E-state index contributed by atoms with van der Waals surface area (Å²) < 4.78 is 5.97. The molecular formula is C23H38N6O2. The minimum absolute atomic E-state index is 0.145. The number of pyridine rings is 1. The normalized spacial score (nSPS) is 18.7. The number of hydrogen-bond donors (Lipinski definition) is 2. The van der Waals surface area contributed by atoms with Crippen LogP contribution in [0, 0.1) is 5.92 Å². The Hall–Kier alpha value is -2.35. The fourth-order valence-electron chi connectivity index (χ4n) is 3.88. The molecule has 1 aliphatic carbocycles. The van der Waals surface area contributed by atoms with E-state index in [1.54, 1.807) is 6.20 Å². The second-order valence-electron chi connectivity index (χ2n) is 9.07. The monoisotopic (exact) mass is 430 g/mol. The van der Waals surface area contributed by atoms with Crippen molar-refractivity contribution in [2.75, 3.05) is 39.8 Å². The highest BCUT2D eigenvalue weighted by Gasteiger charge is 2.25. The van der Waals surface area contributed by atoms with E-state index in [9.17, 15) is 4.79 Å². The van der Waals surface area contributed by atoms with Gasteiger partial charge in [0.05, 0.1) is 12.6 Å². The van der Waals surface area contributed by atoms with Crippen molar-refractivity contribution in [3.05, 3.63) is 23.9 Å². The zero-order valence-electron chi connectivity index (χ0n) is 19.4. The summed E-state index contributed by atoms with van der Waals surface area (Å²) >= 11 is 0. The van der Waals surface area contributed by atoms with Gasteiger partial charge in [0.2, 0.25) is 11.8 Å². The lowest BCUT2D eigenvalue weighted by Crippen LogP contribution is -2.54. The topological polar surface area (TPSA) is 82.1 Å². The molecule has 8 heteroatoms. The molecule has 2 aliphatic rings. The minimum Gasteiger partial charge on any atom is -0.475 e. The number of aliphatic imine (C=N–C) groups is 1. The minimum atomic E-state index is 0.145. The quantitative estimate of drug-likeness (QED) is 0.460. The van der Waals surface area contributed by atoms with E-state index in [-0.39, 0.29) is 12.0 Å². The molecule has 0 radical (unpaired) electrons. The van der Waals surface area contributed by atoms with Crippen LogP contribution in [0.15, 0.2) is 23.3 Å². The maximum atomic E-state index is 12.0. The lowest BCUT2D eigenvalue weighted by molar-refractivity contribution is -0.122. The summed E-state index contributed by atoms with van der Waals surface area (Å²) in [4.78, 5) is 25.3. The summed E-state index contributed by atoms with van der Waals surface area (Å²) in [7, 11) is 1.81. The van der Waals surface area contributed by atoms with Crippen molar-refractivity contribution in [2.45, 2.75) is 58.7 Å². The van der Waals surface area contributed by atoms with Crippen molar-refractivity contribution in [3.8, 4) is 5.88 Å². The molecule has 8 nitrogen and oxygen atoms in total. The first-order valence-electron chi connectivity index (χ1n) is 11.5. The van der Waals surface area contributed by atoms with Gasteiger partial charge in [-0.3, -0.25) is 14.7 Å². The molecule has 2 heterocycles. The third-order valence-electron chi connectivity index (χ3n) is 5.57. The van der Waals surface area contributed by atoms with Crippen LogP contribution < -0.4 is 15.4 Å². The number of amides is 1. The first kappa shape index (κ1) is 23.3. The van der Waals surface area contributed by atoms with E-state index >= 15 is 0 Å². The van der Waals surface area contributed by atoms with E-state index in [1.807, 2.05) is 19.2 Å². The zero-order chi connectivity index (χ0) is 22.2. The van der Waals surface area contributed by atoms with Gasteiger partial charge in [0.15, 0.2) is 5.96 Å². The molecule has 1 aliphatic heterocycles. The molecule has 172 valence electrons. The molecule has 1 unspecified atom stereocenters. The number of aromatic nitrogens is 1. The number of rotatable bonds is 9. The smallest absolute Gasteiger partial charge is 0.234 e. The summed E-state index contributed by atoms with van der Waals surface area (Å²) in [5, 5.41) is 6.52. The van der Waals surface area contributed by atoms with Crippen molar-refractivity contribution >= 4 is 11.9 Å². The van der Waals surface area contributed by atoms with Crippen LogP contribution in [0.4, 0.5) is 0 Å². The first-order valence-corrected chi connectivity index (χ1v) is 11.5. The van der Waals surface area contributed by atoms with E-state index in [4.69, 9.17) is 4.74 Å². The van der Waals surface area contributed by atoms with E-state index in [1.165, 1.54) is 0 Å². The van der Waals surface area contributed by atoms with Gasteiger partial charge in [0.25, 0.3) is 0 Å². The Morgan fingerprint density at radius 3 is 2.65 bits per heavy atom. The highest BCUT2D eigenvalue weighted by molar-refractivity contribution is 5.80. The fraction of sp³-hybridized carbons (Fsp3) is 0.696. The molecule has 1 saturated heterocycles. The maximum Gasteiger partial charge on any atom is 0.234 e. The number of carbonyl (C=O) groups excluding carboxylic acids is 1. The number of ether oxygens (including phenoxy) is 1. The summed E-state index contributed by atoms with van der Waals surface area (Å²) in [6.07, 6.45) is 5.20. The Morgan fingerprint density at radius 2 is 2.00 bits per heavy atom. The number of piperazine rings is 1. The lowest BCUT2D eigenvalue weighted by atomic mass is 10.1. The Kier molecular flexibility index (Phi) is 8.51. The highest BCUT2D eigenvalue weighted by Crippen LogP contribution is 2.18. The molecule has 0 bridgehead atoms. The second kappa shape index (κ2) is 11.3. The van der Waals surface area contributed by atoms with Gasteiger partial charge in [-0.25, -0.2) is 4.98 Å². The van der Waals surface area contributed by atoms with Gasteiger partial charge < -0.3 is 20.3 Å². The summed E-state index contributed by atoms with van der Waals surface area (Å²) in [6.45, 7) is 11.1. The van der Waals surface area contributed by atoms with Crippen molar-refractivity contribution in [1.29, 1.82) is 0 Å². The highest BCUT2D eigenvalue weighted by atomic mass is 16.5. The van der Waals surface area contributed by atoms with Crippen LogP contribution in [0.25, 0.3) is 0 Å². The van der Waals surface area contributed by atoms with E-state index in [0.717, 1.165) is 57.0 Å². The van der Waals surface area contributed by atoms with Crippen molar-refractivity contribution in [2.24, 2.45) is 10.9 Å². The van der Waals surface area contributed by atoms with Crippen LogP contribution in [-0.4, -0.2) is 78.6 Å². The van der Waals surface area contributed by atoms with Gasteiger partial charge >= 0.3 is 0 Å².